The molecule has 3 N–H and O–H groups in total. The molecule has 0 saturated carbocycles. The number of rotatable bonds is 3. The summed E-state index contributed by atoms with van der Waals surface area (Å²) < 4.78 is 5.29. The maximum atomic E-state index is 12.4. The number of esters is 1. The van der Waals surface area contributed by atoms with Gasteiger partial charge in [-0.1, -0.05) is 0 Å². The molecule has 0 fully saturated rings. The van der Waals surface area contributed by atoms with Crippen LogP contribution >= 0.6 is 0 Å². The number of nitrogens with two attached hydrogens (primary N) is 1. The Bertz CT molecular complexity index is 686. The van der Waals surface area contributed by atoms with Gasteiger partial charge in [0.15, 0.2) is 0 Å². The highest BCUT2D eigenvalue weighted by atomic mass is 16.5. The summed E-state index contributed by atoms with van der Waals surface area (Å²) in [5, 5.41) is 12.3. The number of aromatic nitrogens is 2. The van der Waals surface area contributed by atoms with E-state index in [1.165, 1.54) is 6.33 Å². The second-order valence-corrected chi connectivity index (χ2v) is 5.16. The molecule has 0 bridgehead atoms. The fourth-order valence-electron chi connectivity index (χ4n) is 2.32. The Hall–Kier alpha value is -2.88. The molecule has 1 aliphatic heterocycles. The van der Waals surface area contributed by atoms with Crippen LogP contribution in [-0.2, 0) is 9.53 Å². The Morgan fingerprint density at radius 2 is 2.09 bits per heavy atom. The van der Waals surface area contributed by atoms with Crippen LogP contribution in [0.2, 0.25) is 0 Å². The van der Waals surface area contributed by atoms with Gasteiger partial charge in [0.25, 0.3) is 0 Å². The Morgan fingerprint density at radius 1 is 1.45 bits per heavy atom. The van der Waals surface area contributed by atoms with Crippen LogP contribution in [0.1, 0.15) is 32.3 Å². The molecule has 0 aromatic carbocycles. The zero-order valence-corrected chi connectivity index (χ0v) is 12.6. The molecule has 7 nitrogen and oxygen atoms in total. The number of hydrogen-bond donors (Lipinski definition) is 2. The van der Waals surface area contributed by atoms with E-state index in [0.717, 1.165) is 0 Å². The first-order valence-corrected chi connectivity index (χ1v) is 6.79. The summed E-state index contributed by atoms with van der Waals surface area (Å²) in [5.41, 5.74) is 7.64. The molecule has 0 amide bonds. The quantitative estimate of drug-likeness (QED) is 0.803. The minimum atomic E-state index is -0.640. The lowest BCUT2D eigenvalue weighted by atomic mass is 9.83. The molecule has 114 valence electrons. The van der Waals surface area contributed by atoms with Gasteiger partial charge in [0.05, 0.1) is 29.2 Å². The number of nitriles is 1. The fraction of sp³-hybridized carbons (Fsp3) is 0.333. The van der Waals surface area contributed by atoms with Crippen molar-refractivity contribution < 1.29 is 9.53 Å². The van der Waals surface area contributed by atoms with E-state index in [0.29, 0.717) is 16.8 Å². The lowest BCUT2D eigenvalue weighted by Gasteiger charge is -2.28. The maximum Gasteiger partial charge on any atom is 0.337 e. The van der Waals surface area contributed by atoms with Gasteiger partial charge in [-0.15, -0.1) is 0 Å². The first-order chi connectivity index (χ1) is 10.5. The average Bonchev–Trinajstić information content (AvgIpc) is 2.46. The molecule has 2 heterocycles. The summed E-state index contributed by atoms with van der Waals surface area (Å²) in [6.07, 6.45) is 4.23. The van der Waals surface area contributed by atoms with Crippen molar-refractivity contribution in [3.05, 3.63) is 46.9 Å². The molecule has 1 atom stereocenters. The van der Waals surface area contributed by atoms with Crippen LogP contribution in [0.5, 0.6) is 0 Å². The number of carbonyl (C=O) groups excluding carboxylic acids is 1. The molecule has 0 spiro atoms. The van der Waals surface area contributed by atoms with Gasteiger partial charge in [-0.2, -0.15) is 5.26 Å². The number of dihydropyridines is 1. The van der Waals surface area contributed by atoms with E-state index in [1.807, 2.05) is 0 Å². The van der Waals surface area contributed by atoms with Crippen molar-refractivity contribution in [2.24, 2.45) is 5.73 Å². The Kier molecular flexibility index (Phi) is 4.41. The van der Waals surface area contributed by atoms with Crippen LogP contribution in [0.4, 0.5) is 0 Å². The molecule has 0 saturated heterocycles. The molecule has 0 aliphatic carbocycles. The molecule has 1 aliphatic rings. The number of nitrogens with zero attached hydrogens (tertiary/aromatic N) is 3. The standard InChI is InChI=1S/C15H17N5O2/c1-8(2)22-15(21)12-9(3)20-14(17)11(4-16)13(12)10-5-18-7-19-6-10/h5-8,13,20H,17H2,1-3H3. The third kappa shape index (κ3) is 2.91. The number of nitrogens with one attached hydrogen (secondary N) is 1. The Morgan fingerprint density at radius 3 is 2.64 bits per heavy atom. The third-order valence-electron chi connectivity index (χ3n) is 3.19. The average molecular weight is 299 g/mol. The van der Waals surface area contributed by atoms with Crippen molar-refractivity contribution >= 4 is 5.97 Å². The van der Waals surface area contributed by atoms with E-state index in [4.69, 9.17) is 10.5 Å². The van der Waals surface area contributed by atoms with Crippen molar-refractivity contribution in [1.29, 1.82) is 5.26 Å². The minimum Gasteiger partial charge on any atom is -0.460 e. The summed E-state index contributed by atoms with van der Waals surface area (Å²) >= 11 is 0. The molecule has 7 heteroatoms. The monoisotopic (exact) mass is 299 g/mol. The molecular weight excluding hydrogens is 282 g/mol. The predicted molar refractivity (Wildman–Crippen MR) is 78.7 cm³/mol. The lowest BCUT2D eigenvalue weighted by Crippen LogP contribution is -2.33. The van der Waals surface area contributed by atoms with Crippen molar-refractivity contribution in [3.63, 3.8) is 0 Å². The highest BCUT2D eigenvalue weighted by molar-refractivity contribution is 5.93. The lowest BCUT2D eigenvalue weighted by molar-refractivity contribution is -0.143. The number of ether oxygens (including phenoxy) is 1. The summed E-state index contributed by atoms with van der Waals surface area (Å²) in [7, 11) is 0. The van der Waals surface area contributed by atoms with E-state index >= 15 is 0 Å². The summed E-state index contributed by atoms with van der Waals surface area (Å²) in [5.74, 6) is -0.914. The second kappa shape index (κ2) is 6.26. The van der Waals surface area contributed by atoms with E-state index in [1.54, 1.807) is 33.2 Å². The largest absolute Gasteiger partial charge is 0.460 e. The van der Waals surface area contributed by atoms with Crippen molar-refractivity contribution in [2.45, 2.75) is 32.8 Å². The normalized spacial score (nSPS) is 18.0. The molecule has 1 aromatic rings. The van der Waals surface area contributed by atoms with Gasteiger partial charge < -0.3 is 15.8 Å². The second-order valence-electron chi connectivity index (χ2n) is 5.16. The first kappa shape index (κ1) is 15.5. The first-order valence-electron chi connectivity index (χ1n) is 6.79. The third-order valence-corrected chi connectivity index (χ3v) is 3.19. The minimum absolute atomic E-state index is 0.218. The molecule has 2 rings (SSSR count). The molecule has 22 heavy (non-hydrogen) atoms. The molecular formula is C15H17N5O2. The van der Waals surface area contributed by atoms with Gasteiger partial charge >= 0.3 is 5.97 Å². The number of allylic oxidation sites excluding steroid dienone is 2. The van der Waals surface area contributed by atoms with Crippen LogP contribution in [0.25, 0.3) is 0 Å². The van der Waals surface area contributed by atoms with Crippen LogP contribution in [0, 0.1) is 11.3 Å². The molecule has 1 unspecified atom stereocenters. The van der Waals surface area contributed by atoms with E-state index in [9.17, 15) is 10.1 Å². The number of carbonyl (C=O) groups is 1. The van der Waals surface area contributed by atoms with Gasteiger partial charge in [0.2, 0.25) is 0 Å². The smallest absolute Gasteiger partial charge is 0.337 e. The number of hydrogen-bond acceptors (Lipinski definition) is 7. The Labute approximate surface area is 128 Å². The van der Waals surface area contributed by atoms with Crippen LogP contribution < -0.4 is 11.1 Å². The Balaban J connectivity index is 2.56. The van der Waals surface area contributed by atoms with Crippen molar-refractivity contribution in [2.75, 3.05) is 0 Å². The van der Waals surface area contributed by atoms with Crippen molar-refractivity contribution in [3.8, 4) is 6.07 Å². The zero-order chi connectivity index (χ0) is 16.3. The van der Waals surface area contributed by atoms with Gasteiger partial charge in [0.1, 0.15) is 12.1 Å². The van der Waals surface area contributed by atoms with Gasteiger partial charge in [-0.05, 0) is 20.8 Å². The highest BCUT2D eigenvalue weighted by Crippen LogP contribution is 2.36. The van der Waals surface area contributed by atoms with E-state index in [2.05, 4.69) is 21.4 Å². The van der Waals surface area contributed by atoms with E-state index in [-0.39, 0.29) is 17.5 Å². The SMILES string of the molecule is CC1=C(C(=O)OC(C)C)C(c2cncnc2)C(C#N)=C(N)N1. The molecule has 0 radical (unpaired) electrons. The summed E-state index contributed by atoms with van der Waals surface area (Å²) in [6.45, 7) is 5.24. The van der Waals surface area contributed by atoms with E-state index < -0.39 is 11.9 Å². The van der Waals surface area contributed by atoms with Gasteiger partial charge in [-0.3, -0.25) is 0 Å². The zero-order valence-electron chi connectivity index (χ0n) is 12.6. The summed E-state index contributed by atoms with van der Waals surface area (Å²) in [6, 6.07) is 2.06. The fourth-order valence-corrected chi connectivity index (χ4v) is 2.32. The van der Waals surface area contributed by atoms with Gasteiger partial charge in [-0.25, -0.2) is 14.8 Å². The maximum absolute atomic E-state index is 12.4. The van der Waals surface area contributed by atoms with Crippen LogP contribution in [0.3, 0.4) is 0 Å². The summed E-state index contributed by atoms with van der Waals surface area (Å²) in [4.78, 5) is 20.3. The van der Waals surface area contributed by atoms with Crippen molar-refractivity contribution in [1.82, 2.24) is 15.3 Å². The predicted octanol–water partition coefficient (Wildman–Crippen LogP) is 1.08. The van der Waals surface area contributed by atoms with Crippen LogP contribution in [-0.4, -0.2) is 22.0 Å². The topological polar surface area (TPSA) is 114 Å². The van der Waals surface area contributed by atoms with Crippen LogP contribution in [0.15, 0.2) is 41.4 Å². The molecule has 1 aromatic heterocycles. The van der Waals surface area contributed by atoms with Gasteiger partial charge in [0, 0.05) is 23.7 Å². The highest BCUT2D eigenvalue weighted by Gasteiger charge is 2.35.